The predicted molar refractivity (Wildman–Crippen MR) is 54.1 cm³/mol. The standard InChI is InChI=1S/C8H8N2O.C2H6/c1-6-5-9-8(11)7-3-2-4-10(6)7;1-2/h2-5H,1H3,(H,9,11);1-2H3. The van der Waals surface area contributed by atoms with Crippen molar-refractivity contribution < 1.29 is 0 Å². The van der Waals surface area contributed by atoms with Gasteiger partial charge in [0.05, 0.1) is 0 Å². The average Bonchev–Trinajstić information content (AvgIpc) is 2.64. The summed E-state index contributed by atoms with van der Waals surface area (Å²) in [4.78, 5) is 13.8. The highest BCUT2D eigenvalue weighted by Gasteiger charge is 1.97. The summed E-state index contributed by atoms with van der Waals surface area (Å²) in [6.07, 6.45) is 3.58. The van der Waals surface area contributed by atoms with E-state index in [-0.39, 0.29) is 5.56 Å². The maximum Gasteiger partial charge on any atom is 0.272 e. The van der Waals surface area contributed by atoms with Crippen LogP contribution < -0.4 is 5.56 Å². The first-order valence-corrected chi connectivity index (χ1v) is 4.44. The summed E-state index contributed by atoms with van der Waals surface area (Å²) in [5.41, 5.74) is 1.69. The lowest BCUT2D eigenvalue weighted by Crippen LogP contribution is -2.09. The van der Waals surface area contributed by atoms with Crippen molar-refractivity contribution >= 4 is 5.52 Å². The van der Waals surface area contributed by atoms with E-state index in [1.54, 1.807) is 12.3 Å². The molecule has 70 valence electrons. The lowest BCUT2D eigenvalue weighted by Gasteiger charge is -1.96. The Morgan fingerprint density at radius 3 is 2.69 bits per heavy atom. The van der Waals surface area contributed by atoms with Crippen LogP contribution in [0.25, 0.3) is 5.52 Å². The molecule has 0 saturated carbocycles. The van der Waals surface area contributed by atoms with Crippen molar-refractivity contribution in [1.29, 1.82) is 0 Å². The van der Waals surface area contributed by atoms with E-state index in [0.29, 0.717) is 5.52 Å². The van der Waals surface area contributed by atoms with E-state index in [0.717, 1.165) is 5.69 Å². The Labute approximate surface area is 77.0 Å². The molecule has 0 aromatic carbocycles. The first-order chi connectivity index (χ1) is 6.29. The number of hydrogen-bond acceptors (Lipinski definition) is 1. The SMILES string of the molecule is CC.Cc1c[nH]c(=O)c2cccn12. The Morgan fingerprint density at radius 1 is 1.38 bits per heavy atom. The number of H-pyrrole nitrogens is 1. The number of aromatic amines is 1. The molecule has 2 heterocycles. The summed E-state index contributed by atoms with van der Waals surface area (Å²) >= 11 is 0. The molecule has 0 atom stereocenters. The van der Waals surface area contributed by atoms with Gasteiger partial charge >= 0.3 is 0 Å². The van der Waals surface area contributed by atoms with Crippen LogP contribution in [-0.4, -0.2) is 9.38 Å². The number of aromatic nitrogens is 2. The van der Waals surface area contributed by atoms with Gasteiger partial charge in [0, 0.05) is 18.1 Å². The second-order valence-corrected chi connectivity index (χ2v) is 2.52. The Balaban J connectivity index is 0.000000396. The fourth-order valence-corrected chi connectivity index (χ4v) is 1.19. The summed E-state index contributed by atoms with van der Waals surface area (Å²) in [7, 11) is 0. The topological polar surface area (TPSA) is 37.3 Å². The van der Waals surface area contributed by atoms with Crippen LogP contribution >= 0.6 is 0 Å². The van der Waals surface area contributed by atoms with Gasteiger partial charge in [-0.05, 0) is 19.1 Å². The zero-order valence-corrected chi connectivity index (χ0v) is 8.16. The van der Waals surface area contributed by atoms with E-state index in [4.69, 9.17) is 0 Å². The number of nitrogens with zero attached hydrogens (tertiary/aromatic N) is 1. The van der Waals surface area contributed by atoms with Crippen molar-refractivity contribution in [2.45, 2.75) is 20.8 Å². The molecule has 0 amide bonds. The van der Waals surface area contributed by atoms with Gasteiger partial charge in [-0.3, -0.25) is 4.79 Å². The van der Waals surface area contributed by atoms with E-state index in [2.05, 4.69) is 4.98 Å². The van der Waals surface area contributed by atoms with Crippen LogP contribution in [0, 0.1) is 6.92 Å². The molecule has 3 nitrogen and oxygen atoms in total. The van der Waals surface area contributed by atoms with Crippen LogP contribution in [-0.2, 0) is 0 Å². The van der Waals surface area contributed by atoms with Gasteiger partial charge in [0.1, 0.15) is 5.52 Å². The average molecular weight is 178 g/mol. The molecule has 0 spiro atoms. The molecule has 0 aliphatic rings. The van der Waals surface area contributed by atoms with Crippen molar-refractivity contribution in [2.75, 3.05) is 0 Å². The highest BCUT2D eigenvalue weighted by atomic mass is 16.1. The van der Waals surface area contributed by atoms with E-state index in [9.17, 15) is 4.79 Å². The second-order valence-electron chi connectivity index (χ2n) is 2.52. The number of nitrogens with one attached hydrogen (secondary N) is 1. The first kappa shape index (κ1) is 9.58. The van der Waals surface area contributed by atoms with Crippen LogP contribution in [0.2, 0.25) is 0 Å². The van der Waals surface area contributed by atoms with E-state index < -0.39 is 0 Å². The molecule has 13 heavy (non-hydrogen) atoms. The van der Waals surface area contributed by atoms with Gasteiger partial charge in [-0.25, -0.2) is 0 Å². The minimum Gasteiger partial charge on any atom is -0.326 e. The van der Waals surface area contributed by atoms with Crippen LogP contribution in [0.4, 0.5) is 0 Å². The van der Waals surface area contributed by atoms with Crippen molar-refractivity contribution in [2.24, 2.45) is 0 Å². The fourth-order valence-electron chi connectivity index (χ4n) is 1.19. The molecule has 2 aromatic rings. The third-order valence-electron chi connectivity index (χ3n) is 1.77. The molecular formula is C10H14N2O. The molecule has 1 N–H and O–H groups in total. The Bertz CT molecular complexity index is 439. The quantitative estimate of drug-likeness (QED) is 0.658. The lowest BCUT2D eigenvalue weighted by atomic mass is 10.4. The Hall–Kier alpha value is -1.51. The number of hydrogen-bond donors (Lipinski definition) is 1. The third kappa shape index (κ3) is 1.64. The smallest absolute Gasteiger partial charge is 0.272 e. The number of rotatable bonds is 0. The summed E-state index contributed by atoms with van der Waals surface area (Å²) in [6.45, 7) is 5.95. The van der Waals surface area contributed by atoms with Gasteiger partial charge in [-0.2, -0.15) is 0 Å². The summed E-state index contributed by atoms with van der Waals surface area (Å²) in [5, 5.41) is 0. The van der Waals surface area contributed by atoms with Crippen LogP contribution in [0.3, 0.4) is 0 Å². The maximum atomic E-state index is 11.1. The second kappa shape index (κ2) is 3.94. The largest absolute Gasteiger partial charge is 0.326 e. The third-order valence-corrected chi connectivity index (χ3v) is 1.77. The molecule has 0 saturated heterocycles. The van der Waals surface area contributed by atoms with Crippen LogP contribution in [0.5, 0.6) is 0 Å². The van der Waals surface area contributed by atoms with Gasteiger partial charge < -0.3 is 9.38 Å². The van der Waals surface area contributed by atoms with Crippen molar-refractivity contribution in [1.82, 2.24) is 9.38 Å². The molecule has 0 bridgehead atoms. The molecule has 0 unspecified atom stereocenters. The molecule has 2 aromatic heterocycles. The summed E-state index contributed by atoms with van der Waals surface area (Å²) in [6, 6.07) is 3.66. The molecular weight excluding hydrogens is 164 g/mol. The van der Waals surface area contributed by atoms with Gasteiger partial charge in [0.15, 0.2) is 0 Å². The van der Waals surface area contributed by atoms with Crippen LogP contribution in [0.1, 0.15) is 19.5 Å². The molecule has 0 fully saturated rings. The van der Waals surface area contributed by atoms with E-state index >= 15 is 0 Å². The normalized spacial score (nSPS) is 9.46. The molecule has 0 aliphatic carbocycles. The van der Waals surface area contributed by atoms with Crippen molar-refractivity contribution in [3.8, 4) is 0 Å². The zero-order valence-electron chi connectivity index (χ0n) is 8.16. The predicted octanol–water partition coefficient (Wildman–Crippen LogP) is 1.96. The van der Waals surface area contributed by atoms with E-state index in [1.165, 1.54) is 0 Å². The zero-order chi connectivity index (χ0) is 9.84. The number of fused-ring (bicyclic) bond motifs is 1. The Kier molecular flexibility index (Phi) is 2.90. The highest BCUT2D eigenvalue weighted by Crippen LogP contribution is 2.00. The van der Waals surface area contributed by atoms with Gasteiger partial charge in [-0.1, -0.05) is 13.8 Å². The van der Waals surface area contributed by atoms with Gasteiger partial charge in [-0.15, -0.1) is 0 Å². The fraction of sp³-hybridized carbons (Fsp3) is 0.300. The lowest BCUT2D eigenvalue weighted by molar-refractivity contribution is 1.03. The minimum atomic E-state index is -0.0411. The highest BCUT2D eigenvalue weighted by molar-refractivity contribution is 5.45. The maximum absolute atomic E-state index is 11.1. The summed E-state index contributed by atoms with van der Waals surface area (Å²) < 4.78 is 1.86. The van der Waals surface area contributed by atoms with E-state index in [1.807, 2.05) is 37.4 Å². The number of aryl methyl sites for hydroxylation is 1. The van der Waals surface area contributed by atoms with Crippen molar-refractivity contribution in [3.63, 3.8) is 0 Å². The van der Waals surface area contributed by atoms with Gasteiger partial charge in [0.25, 0.3) is 5.56 Å². The molecule has 0 aliphatic heterocycles. The van der Waals surface area contributed by atoms with Gasteiger partial charge in [0.2, 0.25) is 0 Å². The van der Waals surface area contributed by atoms with Crippen LogP contribution in [0.15, 0.2) is 29.3 Å². The minimum absolute atomic E-state index is 0.0411. The molecule has 0 radical (unpaired) electrons. The monoisotopic (exact) mass is 178 g/mol. The Morgan fingerprint density at radius 2 is 2.08 bits per heavy atom. The summed E-state index contributed by atoms with van der Waals surface area (Å²) in [5.74, 6) is 0. The van der Waals surface area contributed by atoms with Crippen molar-refractivity contribution in [3.05, 3.63) is 40.6 Å². The molecule has 3 heteroatoms. The first-order valence-electron chi connectivity index (χ1n) is 4.44. The molecule has 2 rings (SSSR count).